The van der Waals surface area contributed by atoms with Gasteiger partial charge in [-0.25, -0.2) is 0 Å². The molecule has 0 rings (SSSR count). The average molecular weight is 209 g/mol. The summed E-state index contributed by atoms with van der Waals surface area (Å²) in [6, 6.07) is 0.388. The highest BCUT2D eigenvalue weighted by atomic mass is 14.9. The van der Waals surface area contributed by atoms with Gasteiger partial charge in [-0.2, -0.15) is 0 Å². The van der Waals surface area contributed by atoms with Crippen LogP contribution in [-0.4, -0.2) is 6.04 Å². The minimum atomic E-state index is 0.388. The lowest BCUT2D eigenvalue weighted by Crippen LogP contribution is -2.27. The Morgan fingerprint density at radius 1 is 1.27 bits per heavy atom. The summed E-state index contributed by atoms with van der Waals surface area (Å²) in [5.74, 6) is 1.38. The van der Waals surface area contributed by atoms with E-state index in [-0.39, 0.29) is 0 Å². The summed E-state index contributed by atoms with van der Waals surface area (Å²) in [7, 11) is 0. The molecule has 15 heavy (non-hydrogen) atoms. The van der Waals surface area contributed by atoms with E-state index in [9.17, 15) is 0 Å². The van der Waals surface area contributed by atoms with Gasteiger partial charge >= 0.3 is 0 Å². The van der Waals surface area contributed by atoms with Crippen LogP contribution in [0.5, 0.6) is 0 Å². The van der Waals surface area contributed by atoms with E-state index in [0.29, 0.717) is 12.0 Å². The SMILES string of the molecule is C=CC(N/C=C(\C)CCC(C)C)C(C)C. The number of nitrogens with one attached hydrogen (secondary N) is 1. The average Bonchev–Trinajstić information content (AvgIpc) is 2.15. The van der Waals surface area contributed by atoms with Crippen molar-refractivity contribution >= 4 is 0 Å². The molecule has 0 saturated heterocycles. The van der Waals surface area contributed by atoms with Crippen LogP contribution in [0.1, 0.15) is 47.5 Å². The third-order valence-electron chi connectivity index (χ3n) is 2.61. The lowest BCUT2D eigenvalue weighted by Gasteiger charge is -2.17. The summed E-state index contributed by atoms with van der Waals surface area (Å²) in [6.45, 7) is 15.0. The van der Waals surface area contributed by atoms with E-state index in [4.69, 9.17) is 0 Å². The van der Waals surface area contributed by atoms with E-state index in [1.807, 2.05) is 6.08 Å². The van der Waals surface area contributed by atoms with Gasteiger partial charge in [0.05, 0.1) is 0 Å². The normalized spacial score (nSPS) is 14.5. The molecule has 88 valence electrons. The largest absolute Gasteiger partial charge is 0.384 e. The molecule has 0 amide bonds. The topological polar surface area (TPSA) is 12.0 Å². The zero-order chi connectivity index (χ0) is 11.8. The molecule has 0 aliphatic carbocycles. The molecule has 0 aromatic carbocycles. The van der Waals surface area contributed by atoms with E-state index >= 15 is 0 Å². The van der Waals surface area contributed by atoms with Crippen LogP contribution in [0.4, 0.5) is 0 Å². The summed E-state index contributed by atoms with van der Waals surface area (Å²) < 4.78 is 0. The van der Waals surface area contributed by atoms with Crippen LogP contribution in [0.25, 0.3) is 0 Å². The summed E-state index contributed by atoms with van der Waals surface area (Å²) in [4.78, 5) is 0. The highest BCUT2D eigenvalue weighted by molar-refractivity contribution is 5.00. The molecular weight excluding hydrogens is 182 g/mol. The van der Waals surface area contributed by atoms with Crippen LogP contribution in [0.15, 0.2) is 24.4 Å². The Kier molecular flexibility index (Phi) is 7.19. The molecule has 1 atom stereocenters. The van der Waals surface area contributed by atoms with Crippen molar-refractivity contribution < 1.29 is 0 Å². The van der Waals surface area contributed by atoms with Crippen LogP contribution < -0.4 is 5.32 Å². The summed E-state index contributed by atoms with van der Waals surface area (Å²) in [5.41, 5.74) is 1.43. The molecule has 1 N–H and O–H groups in total. The predicted octanol–water partition coefficient (Wildman–Crippen LogP) is 4.13. The first-order valence-corrected chi connectivity index (χ1v) is 6.01. The molecule has 0 aromatic rings. The van der Waals surface area contributed by atoms with Gasteiger partial charge in [0.1, 0.15) is 0 Å². The van der Waals surface area contributed by atoms with Crippen LogP contribution in [0.3, 0.4) is 0 Å². The molecule has 1 heteroatoms. The van der Waals surface area contributed by atoms with Gasteiger partial charge < -0.3 is 5.32 Å². The van der Waals surface area contributed by atoms with Gasteiger partial charge in [0.15, 0.2) is 0 Å². The summed E-state index contributed by atoms with van der Waals surface area (Å²) in [5, 5.41) is 3.41. The fraction of sp³-hybridized carbons (Fsp3) is 0.714. The fourth-order valence-corrected chi connectivity index (χ4v) is 1.36. The van der Waals surface area contributed by atoms with Crippen molar-refractivity contribution in [1.82, 2.24) is 5.32 Å². The van der Waals surface area contributed by atoms with Crippen LogP contribution in [-0.2, 0) is 0 Å². The Bertz CT molecular complexity index is 201. The Hall–Kier alpha value is -0.720. The molecule has 0 aliphatic heterocycles. The van der Waals surface area contributed by atoms with Crippen molar-refractivity contribution in [2.45, 2.75) is 53.5 Å². The highest BCUT2D eigenvalue weighted by Crippen LogP contribution is 2.10. The van der Waals surface area contributed by atoms with E-state index in [1.54, 1.807) is 0 Å². The molecule has 0 aliphatic rings. The standard InChI is InChI=1S/C14H27N/c1-7-14(12(4)5)15-10-13(6)9-8-11(2)3/h7,10-12,14-15H,1,8-9H2,2-6H3/b13-10+. The van der Waals surface area contributed by atoms with Crippen molar-refractivity contribution in [2.24, 2.45) is 11.8 Å². The molecule has 1 nitrogen and oxygen atoms in total. The van der Waals surface area contributed by atoms with E-state index in [1.165, 1.54) is 18.4 Å². The van der Waals surface area contributed by atoms with Crippen molar-refractivity contribution in [1.29, 1.82) is 0 Å². The second kappa shape index (κ2) is 7.56. The zero-order valence-electron chi connectivity index (χ0n) is 11.0. The van der Waals surface area contributed by atoms with Gasteiger partial charge in [-0.15, -0.1) is 6.58 Å². The maximum absolute atomic E-state index is 3.84. The number of hydrogen-bond donors (Lipinski definition) is 1. The molecule has 0 fully saturated rings. The molecular formula is C14H27N. The third kappa shape index (κ3) is 7.24. The van der Waals surface area contributed by atoms with Gasteiger partial charge in [0.2, 0.25) is 0 Å². The minimum absolute atomic E-state index is 0.388. The van der Waals surface area contributed by atoms with Crippen molar-refractivity contribution in [3.05, 3.63) is 24.4 Å². The maximum atomic E-state index is 3.84. The molecule has 0 bridgehead atoms. The summed E-state index contributed by atoms with van der Waals surface area (Å²) in [6.07, 6.45) is 6.59. The van der Waals surface area contributed by atoms with Crippen LogP contribution in [0, 0.1) is 11.8 Å². The van der Waals surface area contributed by atoms with Gasteiger partial charge in [0.25, 0.3) is 0 Å². The summed E-state index contributed by atoms with van der Waals surface area (Å²) >= 11 is 0. The van der Waals surface area contributed by atoms with E-state index in [2.05, 4.69) is 52.7 Å². The van der Waals surface area contributed by atoms with Crippen LogP contribution in [0.2, 0.25) is 0 Å². The second-order valence-electron chi connectivity index (χ2n) is 5.10. The van der Waals surface area contributed by atoms with Crippen molar-refractivity contribution in [3.63, 3.8) is 0 Å². The first kappa shape index (κ1) is 14.3. The third-order valence-corrected chi connectivity index (χ3v) is 2.61. The number of rotatable bonds is 7. The Labute approximate surface area is 95.7 Å². The number of allylic oxidation sites excluding steroid dienone is 1. The van der Waals surface area contributed by atoms with E-state index < -0.39 is 0 Å². The molecule has 0 radical (unpaired) electrons. The Balaban J connectivity index is 3.97. The van der Waals surface area contributed by atoms with Crippen LogP contribution >= 0.6 is 0 Å². The predicted molar refractivity (Wildman–Crippen MR) is 69.8 cm³/mol. The quantitative estimate of drug-likeness (QED) is 0.622. The van der Waals surface area contributed by atoms with Gasteiger partial charge in [-0.3, -0.25) is 0 Å². The molecule has 0 aromatic heterocycles. The van der Waals surface area contributed by atoms with Gasteiger partial charge in [-0.1, -0.05) is 39.3 Å². The molecule has 0 heterocycles. The first-order chi connectivity index (χ1) is 6.97. The monoisotopic (exact) mass is 209 g/mol. The molecule has 0 spiro atoms. The maximum Gasteiger partial charge on any atom is 0.0459 e. The molecule has 1 unspecified atom stereocenters. The van der Waals surface area contributed by atoms with Crippen molar-refractivity contribution in [2.75, 3.05) is 0 Å². The van der Waals surface area contributed by atoms with Crippen molar-refractivity contribution in [3.8, 4) is 0 Å². The lowest BCUT2D eigenvalue weighted by molar-refractivity contribution is 0.512. The highest BCUT2D eigenvalue weighted by Gasteiger charge is 2.05. The van der Waals surface area contributed by atoms with E-state index in [0.717, 1.165) is 5.92 Å². The van der Waals surface area contributed by atoms with Gasteiger partial charge in [0, 0.05) is 6.04 Å². The lowest BCUT2D eigenvalue weighted by atomic mass is 10.0. The minimum Gasteiger partial charge on any atom is -0.384 e. The zero-order valence-corrected chi connectivity index (χ0v) is 11.0. The smallest absolute Gasteiger partial charge is 0.0459 e. The number of hydrogen-bond acceptors (Lipinski definition) is 1. The first-order valence-electron chi connectivity index (χ1n) is 6.01. The second-order valence-corrected chi connectivity index (χ2v) is 5.10. The Morgan fingerprint density at radius 3 is 2.27 bits per heavy atom. The molecule has 0 saturated carbocycles. The fourth-order valence-electron chi connectivity index (χ4n) is 1.36. The Morgan fingerprint density at radius 2 is 1.87 bits per heavy atom. The van der Waals surface area contributed by atoms with Gasteiger partial charge in [-0.05, 0) is 37.8 Å².